The fourth-order valence-electron chi connectivity index (χ4n) is 1.95. The molecule has 1 aliphatic carbocycles. The minimum atomic E-state index is 0.241. The third kappa shape index (κ3) is 3.11. The maximum atomic E-state index is 6.18. The highest BCUT2D eigenvalue weighted by Crippen LogP contribution is 2.38. The summed E-state index contributed by atoms with van der Waals surface area (Å²) in [5.74, 6) is 2.39. The molecule has 0 spiro atoms. The second-order valence-corrected chi connectivity index (χ2v) is 5.31. The van der Waals surface area contributed by atoms with Crippen molar-refractivity contribution in [2.75, 3.05) is 7.05 Å². The van der Waals surface area contributed by atoms with Crippen molar-refractivity contribution in [1.82, 2.24) is 15.5 Å². The van der Waals surface area contributed by atoms with Gasteiger partial charge in [-0.25, -0.2) is 0 Å². The molecule has 20 heavy (non-hydrogen) atoms. The van der Waals surface area contributed by atoms with E-state index in [0.29, 0.717) is 22.6 Å². The maximum absolute atomic E-state index is 6.18. The van der Waals surface area contributed by atoms with Gasteiger partial charge < -0.3 is 14.6 Å². The Bertz CT molecular complexity index is 596. The molecule has 5 nitrogen and oxygen atoms in total. The number of ether oxygens (including phenoxy) is 1. The van der Waals surface area contributed by atoms with E-state index in [-0.39, 0.29) is 6.61 Å². The molecule has 0 atom stereocenters. The number of hydrogen-bond acceptors (Lipinski definition) is 5. The molecule has 0 unspecified atom stereocenters. The van der Waals surface area contributed by atoms with Crippen molar-refractivity contribution in [2.45, 2.75) is 31.9 Å². The number of aromatic nitrogens is 2. The van der Waals surface area contributed by atoms with Crippen molar-refractivity contribution in [1.29, 1.82) is 0 Å². The van der Waals surface area contributed by atoms with E-state index in [2.05, 4.69) is 15.5 Å². The molecule has 0 amide bonds. The molecule has 0 radical (unpaired) electrons. The van der Waals surface area contributed by atoms with E-state index in [9.17, 15) is 0 Å². The van der Waals surface area contributed by atoms with E-state index in [4.69, 9.17) is 20.9 Å². The summed E-state index contributed by atoms with van der Waals surface area (Å²) in [6, 6.07) is 5.71. The molecule has 0 bridgehead atoms. The van der Waals surface area contributed by atoms with E-state index in [1.54, 1.807) is 0 Å². The Hall–Kier alpha value is -1.59. The fourth-order valence-corrected chi connectivity index (χ4v) is 2.21. The average molecular weight is 294 g/mol. The number of benzene rings is 1. The SMILES string of the molecule is CNCc1ccc(OCc2nc(C3CC3)no2)c(Cl)c1. The van der Waals surface area contributed by atoms with E-state index in [0.717, 1.165) is 30.8 Å². The molecule has 106 valence electrons. The number of halogens is 1. The lowest BCUT2D eigenvalue weighted by Gasteiger charge is -2.07. The zero-order valence-corrected chi connectivity index (χ0v) is 12.0. The summed E-state index contributed by atoms with van der Waals surface area (Å²) in [6.07, 6.45) is 2.30. The van der Waals surface area contributed by atoms with Crippen LogP contribution < -0.4 is 10.1 Å². The molecule has 1 aliphatic rings. The van der Waals surface area contributed by atoms with Crippen LogP contribution in [0.15, 0.2) is 22.7 Å². The van der Waals surface area contributed by atoms with Crippen LogP contribution in [0.4, 0.5) is 0 Å². The molecular weight excluding hydrogens is 278 g/mol. The minimum absolute atomic E-state index is 0.241. The van der Waals surface area contributed by atoms with Crippen LogP contribution in [-0.4, -0.2) is 17.2 Å². The van der Waals surface area contributed by atoms with Gasteiger partial charge in [-0.15, -0.1) is 0 Å². The predicted octanol–water partition coefficient (Wildman–Crippen LogP) is 2.90. The first kappa shape index (κ1) is 13.4. The molecular formula is C14H16ClN3O2. The van der Waals surface area contributed by atoms with Crippen LogP contribution in [0.1, 0.15) is 36.0 Å². The van der Waals surface area contributed by atoms with Crippen molar-refractivity contribution in [3.63, 3.8) is 0 Å². The molecule has 1 saturated carbocycles. The Balaban J connectivity index is 1.61. The van der Waals surface area contributed by atoms with E-state index in [1.165, 1.54) is 0 Å². The van der Waals surface area contributed by atoms with E-state index in [1.807, 2.05) is 25.2 Å². The average Bonchev–Trinajstić information content (AvgIpc) is 3.18. The first-order valence-corrected chi connectivity index (χ1v) is 7.02. The van der Waals surface area contributed by atoms with Gasteiger partial charge in [0.2, 0.25) is 0 Å². The molecule has 1 heterocycles. The summed E-state index contributed by atoms with van der Waals surface area (Å²) < 4.78 is 10.8. The lowest BCUT2D eigenvalue weighted by Crippen LogP contribution is -2.05. The van der Waals surface area contributed by atoms with E-state index >= 15 is 0 Å². The standard InChI is InChI=1S/C14H16ClN3O2/c1-16-7-9-2-5-12(11(15)6-9)19-8-13-17-14(18-20-13)10-3-4-10/h2,5-6,10,16H,3-4,7-8H2,1H3. The molecule has 6 heteroatoms. The number of hydrogen-bond donors (Lipinski definition) is 1. The summed E-state index contributed by atoms with van der Waals surface area (Å²) in [5.41, 5.74) is 1.11. The monoisotopic (exact) mass is 293 g/mol. The highest BCUT2D eigenvalue weighted by molar-refractivity contribution is 6.32. The normalized spacial score (nSPS) is 14.5. The van der Waals surface area contributed by atoms with Crippen molar-refractivity contribution >= 4 is 11.6 Å². The van der Waals surface area contributed by atoms with Crippen LogP contribution in [0.2, 0.25) is 5.02 Å². The van der Waals surface area contributed by atoms with Crippen LogP contribution >= 0.6 is 11.6 Å². The zero-order valence-electron chi connectivity index (χ0n) is 11.2. The molecule has 1 aromatic carbocycles. The highest BCUT2D eigenvalue weighted by atomic mass is 35.5. The molecule has 1 aromatic heterocycles. The van der Waals surface area contributed by atoms with Gasteiger partial charge in [-0.2, -0.15) is 4.98 Å². The first-order valence-electron chi connectivity index (χ1n) is 6.64. The summed E-state index contributed by atoms with van der Waals surface area (Å²) >= 11 is 6.18. The molecule has 2 aromatic rings. The third-order valence-corrected chi connectivity index (χ3v) is 3.45. The Morgan fingerprint density at radius 2 is 2.30 bits per heavy atom. The van der Waals surface area contributed by atoms with Gasteiger partial charge in [0.15, 0.2) is 12.4 Å². The Morgan fingerprint density at radius 3 is 3.00 bits per heavy atom. The smallest absolute Gasteiger partial charge is 0.264 e. The Labute approximate surface area is 122 Å². The Morgan fingerprint density at radius 1 is 1.45 bits per heavy atom. The summed E-state index contributed by atoms with van der Waals surface area (Å²) in [5, 5.41) is 7.60. The van der Waals surface area contributed by atoms with Crippen LogP contribution in [-0.2, 0) is 13.2 Å². The van der Waals surface area contributed by atoms with Gasteiger partial charge in [0.1, 0.15) is 5.75 Å². The summed E-state index contributed by atoms with van der Waals surface area (Å²) in [7, 11) is 1.89. The molecule has 0 aliphatic heterocycles. The minimum Gasteiger partial charge on any atom is -0.482 e. The summed E-state index contributed by atoms with van der Waals surface area (Å²) in [4.78, 5) is 4.31. The second-order valence-electron chi connectivity index (χ2n) is 4.90. The van der Waals surface area contributed by atoms with Gasteiger partial charge in [0.05, 0.1) is 5.02 Å². The van der Waals surface area contributed by atoms with E-state index < -0.39 is 0 Å². The van der Waals surface area contributed by atoms with Gasteiger partial charge >= 0.3 is 0 Å². The first-order chi connectivity index (χ1) is 9.76. The molecule has 0 saturated heterocycles. The Kier molecular flexibility index (Phi) is 3.89. The lowest BCUT2D eigenvalue weighted by molar-refractivity contribution is 0.242. The third-order valence-electron chi connectivity index (χ3n) is 3.15. The van der Waals surface area contributed by atoms with Gasteiger partial charge in [0.25, 0.3) is 5.89 Å². The lowest BCUT2D eigenvalue weighted by atomic mass is 10.2. The number of nitrogens with zero attached hydrogens (tertiary/aromatic N) is 2. The largest absolute Gasteiger partial charge is 0.482 e. The summed E-state index contributed by atoms with van der Waals surface area (Å²) in [6.45, 7) is 1.01. The van der Waals surface area contributed by atoms with Crippen molar-refractivity contribution in [3.8, 4) is 5.75 Å². The van der Waals surface area contributed by atoms with Crippen molar-refractivity contribution in [3.05, 3.63) is 40.5 Å². The number of nitrogens with one attached hydrogen (secondary N) is 1. The topological polar surface area (TPSA) is 60.2 Å². The van der Waals surface area contributed by atoms with Crippen molar-refractivity contribution < 1.29 is 9.26 Å². The predicted molar refractivity (Wildman–Crippen MR) is 74.8 cm³/mol. The molecule has 1 N–H and O–H groups in total. The molecule has 1 fully saturated rings. The van der Waals surface area contributed by atoms with Gasteiger partial charge in [-0.05, 0) is 37.6 Å². The fraction of sp³-hybridized carbons (Fsp3) is 0.429. The van der Waals surface area contributed by atoms with Crippen LogP contribution in [0.5, 0.6) is 5.75 Å². The maximum Gasteiger partial charge on any atom is 0.264 e. The van der Waals surface area contributed by atoms with Gasteiger partial charge in [-0.3, -0.25) is 0 Å². The van der Waals surface area contributed by atoms with Crippen LogP contribution in [0.3, 0.4) is 0 Å². The quantitative estimate of drug-likeness (QED) is 0.887. The van der Waals surface area contributed by atoms with Gasteiger partial charge in [-0.1, -0.05) is 22.8 Å². The highest BCUT2D eigenvalue weighted by Gasteiger charge is 2.28. The second kappa shape index (κ2) is 5.81. The van der Waals surface area contributed by atoms with Crippen molar-refractivity contribution in [2.24, 2.45) is 0 Å². The van der Waals surface area contributed by atoms with Crippen LogP contribution in [0.25, 0.3) is 0 Å². The molecule has 3 rings (SSSR count). The van der Waals surface area contributed by atoms with Crippen LogP contribution in [0, 0.1) is 0 Å². The number of rotatable bonds is 6. The van der Waals surface area contributed by atoms with Gasteiger partial charge in [0, 0.05) is 12.5 Å². The zero-order chi connectivity index (χ0) is 13.9.